The van der Waals surface area contributed by atoms with Crippen molar-refractivity contribution in [3.8, 4) is 11.5 Å². The molecule has 3 rings (SSSR count). The molecule has 0 saturated carbocycles. The quantitative estimate of drug-likeness (QED) is 0.787. The smallest absolute Gasteiger partial charge is 0.265 e. The van der Waals surface area contributed by atoms with Crippen LogP contribution in [0.15, 0.2) is 5.38 Å². The van der Waals surface area contributed by atoms with Gasteiger partial charge in [0.2, 0.25) is 10.0 Å². The van der Waals surface area contributed by atoms with Gasteiger partial charge in [-0.15, -0.1) is 11.3 Å². The summed E-state index contributed by atoms with van der Waals surface area (Å²) in [7, 11) is -0.370. The van der Waals surface area contributed by atoms with Crippen LogP contribution < -0.4 is 14.8 Å². The zero-order valence-electron chi connectivity index (χ0n) is 13.5. The number of ether oxygens (including phenoxy) is 3. The number of fused-ring (bicyclic) bond motifs is 1. The standard InChI is InChI=1S/C14H20N2O6S2/c1-16(2)24(18,19)8-9-5-20-6-10(9)15-14(17)13-12-11(7-23-13)21-3-4-22-12/h7,9-10H,3-6,8H2,1-2H3,(H,15,17)/t9-,10+/m0/s1. The van der Waals surface area contributed by atoms with E-state index in [2.05, 4.69) is 5.32 Å². The van der Waals surface area contributed by atoms with Crippen LogP contribution in [-0.2, 0) is 14.8 Å². The fourth-order valence-electron chi connectivity index (χ4n) is 2.60. The summed E-state index contributed by atoms with van der Waals surface area (Å²) >= 11 is 1.25. The van der Waals surface area contributed by atoms with E-state index in [0.717, 1.165) is 0 Å². The van der Waals surface area contributed by atoms with Gasteiger partial charge in [-0.05, 0) is 0 Å². The maximum absolute atomic E-state index is 12.5. The van der Waals surface area contributed by atoms with Crippen molar-refractivity contribution in [2.45, 2.75) is 6.04 Å². The Labute approximate surface area is 144 Å². The average molecular weight is 376 g/mol. The average Bonchev–Trinajstić information content (AvgIpc) is 3.13. The number of nitrogens with one attached hydrogen (secondary N) is 1. The van der Waals surface area contributed by atoms with E-state index < -0.39 is 10.0 Å². The Kier molecular flexibility index (Phi) is 5.00. The van der Waals surface area contributed by atoms with E-state index in [4.69, 9.17) is 14.2 Å². The van der Waals surface area contributed by atoms with Gasteiger partial charge in [0.05, 0.1) is 25.0 Å². The van der Waals surface area contributed by atoms with Crippen molar-refractivity contribution in [1.82, 2.24) is 9.62 Å². The molecule has 0 spiro atoms. The van der Waals surface area contributed by atoms with E-state index in [1.807, 2.05) is 0 Å². The molecule has 0 bridgehead atoms. The maximum Gasteiger partial charge on any atom is 0.265 e. The summed E-state index contributed by atoms with van der Waals surface area (Å²) in [6, 6.07) is -0.352. The van der Waals surface area contributed by atoms with E-state index in [0.29, 0.717) is 42.8 Å². The van der Waals surface area contributed by atoms with E-state index in [1.54, 1.807) is 5.38 Å². The third-order valence-corrected chi connectivity index (χ3v) is 6.90. The lowest BCUT2D eigenvalue weighted by molar-refractivity contribution is 0.0921. The molecule has 2 aliphatic rings. The van der Waals surface area contributed by atoms with Crippen LogP contribution in [0, 0.1) is 5.92 Å². The summed E-state index contributed by atoms with van der Waals surface area (Å²) < 4.78 is 41.6. The van der Waals surface area contributed by atoms with Crippen molar-refractivity contribution in [3.05, 3.63) is 10.3 Å². The lowest BCUT2D eigenvalue weighted by Gasteiger charge is -2.21. The van der Waals surface area contributed by atoms with Gasteiger partial charge in [0.1, 0.15) is 18.1 Å². The minimum Gasteiger partial charge on any atom is -0.485 e. The first-order valence-electron chi connectivity index (χ1n) is 7.54. The molecule has 2 aliphatic heterocycles. The predicted octanol–water partition coefficient (Wildman–Crippen LogP) is 0.156. The summed E-state index contributed by atoms with van der Waals surface area (Å²) in [6.07, 6.45) is 0. The highest BCUT2D eigenvalue weighted by molar-refractivity contribution is 7.89. The fraction of sp³-hybridized carbons (Fsp3) is 0.643. The molecule has 0 unspecified atom stereocenters. The minimum atomic E-state index is -3.36. The number of rotatable bonds is 5. The van der Waals surface area contributed by atoms with E-state index in [-0.39, 0.29) is 23.6 Å². The van der Waals surface area contributed by atoms with Gasteiger partial charge >= 0.3 is 0 Å². The predicted molar refractivity (Wildman–Crippen MR) is 88.3 cm³/mol. The number of nitrogens with zero attached hydrogens (tertiary/aromatic N) is 1. The lowest BCUT2D eigenvalue weighted by atomic mass is 10.1. The van der Waals surface area contributed by atoms with Crippen molar-refractivity contribution in [1.29, 1.82) is 0 Å². The Balaban J connectivity index is 1.68. The molecular weight excluding hydrogens is 356 g/mol. The maximum atomic E-state index is 12.5. The van der Waals surface area contributed by atoms with Gasteiger partial charge in [-0.3, -0.25) is 4.79 Å². The Morgan fingerprint density at radius 2 is 2.08 bits per heavy atom. The second-order valence-corrected chi connectivity index (χ2v) is 9.00. The van der Waals surface area contributed by atoms with Crippen molar-refractivity contribution < 1.29 is 27.4 Å². The van der Waals surface area contributed by atoms with Crippen LogP contribution >= 0.6 is 11.3 Å². The van der Waals surface area contributed by atoms with Crippen molar-refractivity contribution in [2.24, 2.45) is 5.92 Å². The topological polar surface area (TPSA) is 94.2 Å². The van der Waals surface area contributed by atoms with Crippen molar-refractivity contribution >= 4 is 27.3 Å². The zero-order valence-corrected chi connectivity index (χ0v) is 15.1. The van der Waals surface area contributed by atoms with Crippen LogP contribution in [0.5, 0.6) is 11.5 Å². The number of carbonyl (C=O) groups excluding carboxylic acids is 1. The summed E-state index contributed by atoms with van der Waals surface area (Å²) in [5, 5.41) is 4.61. The molecule has 1 aromatic rings. The molecule has 24 heavy (non-hydrogen) atoms. The van der Waals surface area contributed by atoms with E-state index in [9.17, 15) is 13.2 Å². The first kappa shape index (κ1) is 17.5. The van der Waals surface area contributed by atoms with Gasteiger partial charge in [-0.2, -0.15) is 0 Å². The van der Waals surface area contributed by atoms with Crippen LogP contribution in [0.3, 0.4) is 0 Å². The highest BCUT2D eigenvalue weighted by Crippen LogP contribution is 2.39. The summed E-state index contributed by atoms with van der Waals surface area (Å²) in [5.74, 6) is 0.391. The van der Waals surface area contributed by atoms with Gasteiger partial charge in [0.15, 0.2) is 11.5 Å². The van der Waals surface area contributed by atoms with Gasteiger partial charge in [-0.25, -0.2) is 12.7 Å². The number of hydrogen-bond donors (Lipinski definition) is 1. The third kappa shape index (κ3) is 3.51. The molecule has 1 aromatic heterocycles. The SMILES string of the molecule is CN(C)S(=O)(=O)C[C@@H]1COC[C@H]1NC(=O)c1scc2c1OCCO2. The number of thiophene rings is 1. The summed E-state index contributed by atoms with van der Waals surface area (Å²) in [5.41, 5.74) is 0. The van der Waals surface area contributed by atoms with Crippen LogP contribution in [-0.4, -0.2) is 70.9 Å². The Hall–Kier alpha value is -1.36. The van der Waals surface area contributed by atoms with Crippen molar-refractivity contribution in [2.75, 3.05) is 46.3 Å². The number of carbonyl (C=O) groups is 1. The number of hydrogen-bond acceptors (Lipinski definition) is 7. The van der Waals surface area contributed by atoms with Gasteiger partial charge < -0.3 is 19.5 Å². The highest BCUT2D eigenvalue weighted by Gasteiger charge is 2.35. The Bertz CT molecular complexity index is 715. The Morgan fingerprint density at radius 3 is 2.83 bits per heavy atom. The molecule has 1 saturated heterocycles. The van der Waals surface area contributed by atoms with E-state index >= 15 is 0 Å². The monoisotopic (exact) mass is 376 g/mol. The summed E-state index contributed by atoms with van der Waals surface area (Å²) in [4.78, 5) is 13.0. The Morgan fingerprint density at radius 1 is 1.33 bits per heavy atom. The molecule has 1 N–H and O–H groups in total. The molecule has 1 amide bonds. The number of sulfonamides is 1. The van der Waals surface area contributed by atoms with E-state index in [1.165, 1.54) is 29.7 Å². The van der Waals surface area contributed by atoms with Crippen LogP contribution in [0.25, 0.3) is 0 Å². The fourth-order valence-corrected chi connectivity index (χ4v) is 4.60. The first-order valence-corrected chi connectivity index (χ1v) is 10.0. The second kappa shape index (κ2) is 6.87. The van der Waals surface area contributed by atoms with Crippen LogP contribution in [0.2, 0.25) is 0 Å². The lowest BCUT2D eigenvalue weighted by Crippen LogP contribution is -2.43. The third-order valence-electron chi connectivity index (χ3n) is 4.00. The van der Waals surface area contributed by atoms with Crippen LogP contribution in [0.4, 0.5) is 0 Å². The first-order chi connectivity index (χ1) is 11.4. The molecule has 10 heteroatoms. The second-order valence-electron chi connectivity index (χ2n) is 5.89. The molecule has 134 valence electrons. The molecule has 2 atom stereocenters. The minimum absolute atomic E-state index is 0.0624. The van der Waals surface area contributed by atoms with Gasteiger partial charge in [0.25, 0.3) is 5.91 Å². The molecule has 0 aromatic carbocycles. The van der Waals surface area contributed by atoms with Crippen LogP contribution in [0.1, 0.15) is 9.67 Å². The zero-order chi connectivity index (χ0) is 17.3. The number of amides is 1. The normalized spacial score (nSPS) is 23.5. The summed E-state index contributed by atoms with van der Waals surface area (Å²) in [6.45, 7) is 1.47. The molecule has 0 aliphatic carbocycles. The molecular formula is C14H20N2O6S2. The van der Waals surface area contributed by atoms with Crippen molar-refractivity contribution in [3.63, 3.8) is 0 Å². The van der Waals surface area contributed by atoms with Gasteiger partial charge in [-0.1, -0.05) is 0 Å². The van der Waals surface area contributed by atoms with Gasteiger partial charge in [0, 0.05) is 25.4 Å². The molecule has 3 heterocycles. The molecule has 8 nitrogen and oxygen atoms in total. The molecule has 0 radical (unpaired) electrons. The molecule has 1 fully saturated rings. The largest absolute Gasteiger partial charge is 0.485 e. The highest BCUT2D eigenvalue weighted by atomic mass is 32.2.